The van der Waals surface area contributed by atoms with Crippen molar-refractivity contribution in [3.8, 4) is 0 Å². The molecule has 0 saturated heterocycles. The van der Waals surface area contributed by atoms with Crippen molar-refractivity contribution in [3.63, 3.8) is 0 Å². The summed E-state index contributed by atoms with van der Waals surface area (Å²) in [6.45, 7) is 2.64. The van der Waals surface area contributed by atoms with Gasteiger partial charge in [0, 0.05) is 25.4 Å². The summed E-state index contributed by atoms with van der Waals surface area (Å²) in [5.41, 5.74) is 0.438. The Morgan fingerprint density at radius 3 is 3.07 bits per heavy atom. The maximum atomic E-state index is 13.1. The molecule has 0 aliphatic heterocycles. The van der Waals surface area contributed by atoms with Gasteiger partial charge in [-0.2, -0.15) is 0 Å². The highest BCUT2D eigenvalue weighted by Gasteiger charge is 2.04. The van der Waals surface area contributed by atoms with Crippen LogP contribution in [0.5, 0.6) is 0 Å². The van der Waals surface area contributed by atoms with Crippen LogP contribution < -0.4 is 5.32 Å². The smallest absolute Gasteiger partial charge is 0.146 e. The van der Waals surface area contributed by atoms with Crippen molar-refractivity contribution in [2.24, 2.45) is 0 Å². The standard InChI is InChI=1S/C11H17FN2O/c1-9(4-3-7-15)14-8-11-10(12)5-2-6-13-11/h2,5-6,9,14-15H,3-4,7-8H2,1H3. The summed E-state index contributed by atoms with van der Waals surface area (Å²) in [6, 6.07) is 3.25. The lowest BCUT2D eigenvalue weighted by molar-refractivity contribution is 0.276. The Morgan fingerprint density at radius 2 is 2.40 bits per heavy atom. The number of nitrogens with zero attached hydrogens (tertiary/aromatic N) is 1. The van der Waals surface area contributed by atoms with Gasteiger partial charge < -0.3 is 10.4 Å². The Balaban J connectivity index is 2.33. The van der Waals surface area contributed by atoms with Gasteiger partial charge in [-0.1, -0.05) is 0 Å². The summed E-state index contributed by atoms with van der Waals surface area (Å²) >= 11 is 0. The predicted molar refractivity (Wildman–Crippen MR) is 56.8 cm³/mol. The third-order valence-corrected chi connectivity index (χ3v) is 2.25. The van der Waals surface area contributed by atoms with Crippen LogP contribution >= 0.6 is 0 Å². The lowest BCUT2D eigenvalue weighted by Gasteiger charge is -2.12. The fourth-order valence-electron chi connectivity index (χ4n) is 1.32. The molecule has 0 bridgehead atoms. The van der Waals surface area contributed by atoms with Gasteiger partial charge in [-0.15, -0.1) is 0 Å². The van der Waals surface area contributed by atoms with Crippen molar-refractivity contribution in [1.82, 2.24) is 10.3 Å². The van der Waals surface area contributed by atoms with Crippen LogP contribution in [0, 0.1) is 5.82 Å². The molecule has 1 heterocycles. The minimum atomic E-state index is -0.278. The largest absolute Gasteiger partial charge is 0.396 e. The van der Waals surface area contributed by atoms with Crippen LogP contribution in [0.2, 0.25) is 0 Å². The minimum absolute atomic E-state index is 0.198. The average molecular weight is 212 g/mol. The SMILES string of the molecule is CC(CCCO)NCc1ncccc1F. The molecule has 3 nitrogen and oxygen atoms in total. The molecule has 1 aromatic heterocycles. The summed E-state index contributed by atoms with van der Waals surface area (Å²) in [4.78, 5) is 3.94. The van der Waals surface area contributed by atoms with Gasteiger partial charge in [-0.05, 0) is 31.9 Å². The lowest BCUT2D eigenvalue weighted by Crippen LogP contribution is -2.26. The van der Waals surface area contributed by atoms with Gasteiger partial charge in [0.05, 0.1) is 5.69 Å². The zero-order valence-corrected chi connectivity index (χ0v) is 8.91. The first-order valence-corrected chi connectivity index (χ1v) is 5.17. The van der Waals surface area contributed by atoms with Gasteiger partial charge in [-0.3, -0.25) is 4.98 Å². The van der Waals surface area contributed by atoms with Crippen molar-refractivity contribution in [1.29, 1.82) is 0 Å². The van der Waals surface area contributed by atoms with Crippen molar-refractivity contribution < 1.29 is 9.50 Å². The Bertz CT molecular complexity index is 294. The molecule has 2 N–H and O–H groups in total. The molecule has 1 unspecified atom stereocenters. The summed E-state index contributed by atoms with van der Waals surface area (Å²) in [7, 11) is 0. The van der Waals surface area contributed by atoms with Crippen molar-refractivity contribution in [2.45, 2.75) is 32.4 Å². The normalized spacial score (nSPS) is 12.7. The number of halogens is 1. The molecule has 15 heavy (non-hydrogen) atoms. The molecule has 0 aromatic carbocycles. The van der Waals surface area contributed by atoms with Crippen molar-refractivity contribution in [3.05, 3.63) is 29.8 Å². The molecule has 1 rings (SSSR count). The van der Waals surface area contributed by atoms with Crippen LogP contribution in [0.4, 0.5) is 4.39 Å². The first-order valence-electron chi connectivity index (χ1n) is 5.17. The number of nitrogens with one attached hydrogen (secondary N) is 1. The number of hydrogen-bond acceptors (Lipinski definition) is 3. The lowest BCUT2D eigenvalue weighted by atomic mass is 10.2. The molecule has 1 aromatic rings. The highest BCUT2D eigenvalue weighted by molar-refractivity contribution is 5.06. The third-order valence-electron chi connectivity index (χ3n) is 2.25. The number of aliphatic hydroxyl groups is 1. The van der Waals surface area contributed by atoms with E-state index in [-0.39, 0.29) is 18.5 Å². The molecular weight excluding hydrogens is 195 g/mol. The molecular formula is C11H17FN2O. The van der Waals surface area contributed by atoms with E-state index in [1.807, 2.05) is 6.92 Å². The van der Waals surface area contributed by atoms with Crippen LogP contribution in [-0.4, -0.2) is 22.7 Å². The van der Waals surface area contributed by atoms with Crippen LogP contribution in [0.1, 0.15) is 25.5 Å². The van der Waals surface area contributed by atoms with E-state index in [2.05, 4.69) is 10.3 Å². The minimum Gasteiger partial charge on any atom is -0.396 e. The zero-order chi connectivity index (χ0) is 11.1. The predicted octanol–water partition coefficient (Wildman–Crippen LogP) is 1.47. The Morgan fingerprint density at radius 1 is 1.60 bits per heavy atom. The summed E-state index contributed by atoms with van der Waals surface area (Å²) < 4.78 is 13.1. The van der Waals surface area contributed by atoms with Gasteiger partial charge in [-0.25, -0.2) is 4.39 Å². The van der Waals surface area contributed by atoms with Crippen LogP contribution in [0.25, 0.3) is 0 Å². The second-order valence-electron chi connectivity index (χ2n) is 3.58. The van der Waals surface area contributed by atoms with E-state index >= 15 is 0 Å². The number of aromatic nitrogens is 1. The summed E-state index contributed by atoms with van der Waals surface area (Å²) in [5.74, 6) is -0.278. The third kappa shape index (κ3) is 4.36. The summed E-state index contributed by atoms with van der Waals surface area (Å²) in [5, 5.41) is 11.8. The van der Waals surface area contributed by atoms with E-state index in [0.717, 1.165) is 12.8 Å². The van der Waals surface area contributed by atoms with Gasteiger partial charge in [0.2, 0.25) is 0 Å². The van der Waals surface area contributed by atoms with E-state index in [4.69, 9.17) is 5.11 Å². The monoisotopic (exact) mass is 212 g/mol. The highest BCUT2D eigenvalue weighted by atomic mass is 19.1. The van der Waals surface area contributed by atoms with E-state index in [0.29, 0.717) is 12.2 Å². The molecule has 0 radical (unpaired) electrons. The zero-order valence-electron chi connectivity index (χ0n) is 8.91. The molecule has 0 amide bonds. The molecule has 0 aliphatic carbocycles. The second-order valence-corrected chi connectivity index (χ2v) is 3.58. The quantitative estimate of drug-likeness (QED) is 0.750. The molecule has 0 spiro atoms. The van der Waals surface area contributed by atoms with E-state index in [1.165, 1.54) is 6.07 Å². The second kappa shape index (κ2) is 6.48. The summed E-state index contributed by atoms with van der Waals surface area (Å²) in [6.07, 6.45) is 3.22. The van der Waals surface area contributed by atoms with E-state index in [9.17, 15) is 4.39 Å². The number of rotatable bonds is 6. The maximum absolute atomic E-state index is 13.1. The van der Waals surface area contributed by atoms with Crippen molar-refractivity contribution >= 4 is 0 Å². The fourth-order valence-corrected chi connectivity index (χ4v) is 1.32. The average Bonchev–Trinajstić information content (AvgIpc) is 2.25. The Hall–Kier alpha value is -1.00. The number of hydrogen-bond donors (Lipinski definition) is 2. The van der Waals surface area contributed by atoms with Gasteiger partial charge >= 0.3 is 0 Å². The highest BCUT2D eigenvalue weighted by Crippen LogP contribution is 2.03. The van der Waals surface area contributed by atoms with Crippen LogP contribution in [-0.2, 0) is 6.54 Å². The van der Waals surface area contributed by atoms with Crippen LogP contribution in [0.15, 0.2) is 18.3 Å². The molecule has 4 heteroatoms. The molecule has 1 atom stereocenters. The molecule has 84 valence electrons. The Labute approximate surface area is 89.4 Å². The van der Waals surface area contributed by atoms with E-state index < -0.39 is 0 Å². The first kappa shape index (κ1) is 12.1. The molecule has 0 saturated carbocycles. The topological polar surface area (TPSA) is 45.1 Å². The maximum Gasteiger partial charge on any atom is 0.146 e. The van der Waals surface area contributed by atoms with E-state index in [1.54, 1.807) is 12.3 Å². The van der Waals surface area contributed by atoms with Crippen LogP contribution in [0.3, 0.4) is 0 Å². The van der Waals surface area contributed by atoms with Gasteiger partial charge in [0.1, 0.15) is 5.82 Å². The molecule has 0 aliphatic rings. The fraction of sp³-hybridized carbons (Fsp3) is 0.545. The van der Waals surface area contributed by atoms with Crippen molar-refractivity contribution in [2.75, 3.05) is 6.61 Å². The van der Waals surface area contributed by atoms with Gasteiger partial charge in [0.15, 0.2) is 0 Å². The first-order chi connectivity index (χ1) is 7.24. The Kier molecular flexibility index (Phi) is 5.21. The number of pyridine rings is 1. The number of aliphatic hydroxyl groups excluding tert-OH is 1. The molecule has 0 fully saturated rings. The van der Waals surface area contributed by atoms with Gasteiger partial charge in [0.25, 0.3) is 0 Å².